The van der Waals surface area contributed by atoms with E-state index in [0.29, 0.717) is 15.6 Å². The zero-order chi connectivity index (χ0) is 17.9. The summed E-state index contributed by atoms with van der Waals surface area (Å²) in [6, 6.07) is 10.8. The quantitative estimate of drug-likeness (QED) is 0.730. The van der Waals surface area contributed by atoms with E-state index in [-0.39, 0.29) is 11.4 Å². The third-order valence-electron chi connectivity index (χ3n) is 3.15. The molecule has 0 spiro atoms. The molecule has 2 aromatic carbocycles. The number of carbonyl (C=O) groups is 1. The largest absolute Gasteiger partial charge is 0.369 e. The SMILES string of the molecule is NC(=O)CN(Cc1ccc(Cl)cc1Cl)S(=O)(=O)c1ccc(Br)cc1. The van der Waals surface area contributed by atoms with Crippen molar-refractivity contribution in [3.63, 3.8) is 0 Å². The van der Waals surface area contributed by atoms with Gasteiger partial charge in [0.1, 0.15) is 0 Å². The fraction of sp³-hybridized carbons (Fsp3) is 0.133. The molecule has 24 heavy (non-hydrogen) atoms. The molecule has 0 bridgehead atoms. The van der Waals surface area contributed by atoms with E-state index in [2.05, 4.69) is 15.9 Å². The van der Waals surface area contributed by atoms with Crippen molar-refractivity contribution in [1.29, 1.82) is 0 Å². The molecule has 0 aromatic heterocycles. The first kappa shape index (κ1) is 19.2. The first-order chi connectivity index (χ1) is 11.2. The normalized spacial score (nSPS) is 11.7. The van der Waals surface area contributed by atoms with Gasteiger partial charge < -0.3 is 5.73 Å². The molecule has 2 aromatic rings. The standard InChI is InChI=1S/C15H13BrCl2N2O3S/c16-11-2-5-13(6-3-11)24(22,23)20(9-15(19)21)8-10-1-4-12(17)7-14(10)18/h1-7H,8-9H2,(H2,19,21). The van der Waals surface area contributed by atoms with E-state index in [1.165, 1.54) is 18.2 Å². The van der Waals surface area contributed by atoms with Gasteiger partial charge in [0.25, 0.3) is 0 Å². The Morgan fingerprint density at radius 3 is 2.29 bits per heavy atom. The smallest absolute Gasteiger partial charge is 0.243 e. The average Bonchev–Trinajstić information content (AvgIpc) is 2.49. The number of nitrogens with zero attached hydrogens (tertiary/aromatic N) is 1. The lowest BCUT2D eigenvalue weighted by Crippen LogP contribution is -2.38. The van der Waals surface area contributed by atoms with Gasteiger partial charge in [-0.2, -0.15) is 4.31 Å². The molecule has 0 fully saturated rings. The summed E-state index contributed by atoms with van der Waals surface area (Å²) in [5.41, 5.74) is 5.72. The van der Waals surface area contributed by atoms with E-state index >= 15 is 0 Å². The van der Waals surface area contributed by atoms with Crippen LogP contribution in [0.3, 0.4) is 0 Å². The minimum atomic E-state index is -3.92. The van der Waals surface area contributed by atoms with Crippen LogP contribution in [0.15, 0.2) is 51.8 Å². The fourth-order valence-electron chi connectivity index (χ4n) is 2.00. The molecule has 0 aliphatic heterocycles. The highest BCUT2D eigenvalue weighted by molar-refractivity contribution is 9.10. The lowest BCUT2D eigenvalue weighted by Gasteiger charge is -2.21. The van der Waals surface area contributed by atoms with Crippen molar-refractivity contribution in [3.8, 4) is 0 Å². The van der Waals surface area contributed by atoms with Gasteiger partial charge in [0.2, 0.25) is 15.9 Å². The highest BCUT2D eigenvalue weighted by atomic mass is 79.9. The van der Waals surface area contributed by atoms with Gasteiger partial charge in [-0.15, -0.1) is 0 Å². The Labute approximate surface area is 158 Å². The lowest BCUT2D eigenvalue weighted by atomic mass is 10.2. The van der Waals surface area contributed by atoms with E-state index in [1.807, 2.05) is 0 Å². The Hall–Kier alpha value is -1.12. The van der Waals surface area contributed by atoms with Crippen molar-refractivity contribution in [2.45, 2.75) is 11.4 Å². The van der Waals surface area contributed by atoms with E-state index in [4.69, 9.17) is 28.9 Å². The maximum absolute atomic E-state index is 12.8. The Morgan fingerprint density at radius 2 is 1.75 bits per heavy atom. The van der Waals surface area contributed by atoms with Crippen molar-refractivity contribution in [2.24, 2.45) is 5.73 Å². The molecule has 0 heterocycles. The molecule has 0 atom stereocenters. The number of sulfonamides is 1. The van der Waals surface area contributed by atoms with E-state index in [9.17, 15) is 13.2 Å². The van der Waals surface area contributed by atoms with Crippen LogP contribution >= 0.6 is 39.1 Å². The topological polar surface area (TPSA) is 80.5 Å². The molecular weight excluding hydrogens is 439 g/mol. The van der Waals surface area contributed by atoms with Crippen LogP contribution in [0.5, 0.6) is 0 Å². The van der Waals surface area contributed by atoms with Crippen molar-refractivity contribution >= 4 is 55.1 Å². The molecule has 128 valence electrons. The summed E-state index contributed by atoms with van der Waals surface area (Å²) in [6.07, 6.45) is 0. The molecule has 0 saturated heterocycles. The zero-order valence-electron chi connectivity index (χ0n) is 12.2. The van der Waals surface area contributed by atoms with Crippen LogP contribution in [0.4, 0.5) is 0 Å². The molecular formula is C15H13BrCl2N2O3S. The number of primary amides is 1. The summed E-state index contributed by atoms with van der Waals surface area (Å²) in [4.78, 5) is 11.4. The number of carbonyl (C=O) groups excluding carboxylic acids is 1. The van der Waals surface area contributed by atoms with Crippen LogP contribution in [0.1, 0.15) is 5.56 Å². The molecule has 2 rings (SSSR count). The molecule has 0 aliphatic rings. The number of hydrogen-bond acceptors (Lipinski definition) is 3. The third-order valence-corrected chi connectivity index (χ3v) is 6.07. The number of halogens is 3. The molecule has 0 aliphatic carbocycles. The van der Waals surface area contributed by atoms with Gasteiger partial charge in [-0.1, -0.05) is 45.2 Å². The van der Waals surface area contributed by atoms with E-state index in [0.717, 1.165) is 8.78 Å². The summed E-state index contributed by atoms with van der Waals surface area (Å²) < 4.78 is 27.3. The average molecular weight is 452 g/mol. The maximum Gasteiger partial charge on any atom is 0.243 e. The molecule has 9 heteroatoms. The van der Waals surface area contributed by atoms with Crippen LogP contribution in [0.25, 0.3) is 0 Å². The minimum Gasteiger partial charge on any atom is -0.369 e. The summed E-state index contributed by atoms with van der Waals surface area (Å²) in [5, 5.41) is 0.740. The van der Waals surface area contributed by atoms with Gasteiger partial charge in [-0.05, 0) is 42.0 Å². The van der Waals surface area contributed by atoms with Gasteiger partial charge in [0, 0.05) is 21.1 Å². The van der Waals surface area contributed by atoms with Crippen molar-refractivity contribution in [3.05, 3.63) is 62.5 Å². The summed E-state index contributed by atoms with van der Waals surface area (Å²) in [7, 11) is -3.92. The molecule has 2 N–H and O–H groups in total. The summed E-state index contributed by atoms with van der Waals surface area (Å²) >= 11 is 15.2. The van der Waals surface area contributed by atoms with Crippen LogP contribution in [0.2, 0.25) is 10.0 Å². The zero-order valence-corrected chi connectivity index (χ0v) is 16.2. The monoisotopic (exact) mass is 450 g/mol. The predicted octanol–water partition coefficient (Wildman–Crippen LogP) is 3.43. The Kier molecular flexibility index (Phi) is 6.28. The van der Waals surface area contributed by atoms with Crippen LogP contribution in [0, 0.1) is 0 Å². The molecule has 0 saturated carbocycles. The number of hydrogen-bond donors (Lipinski definition) is 1. The van der Waals surface area contributed by atoms with Gasteiger partial charge in [0.15, 0.2) is 0 Å². The van der Waals surface area contributed by atoms with Crippen LogP contribution in [-0.2, 0) is 21.4 Å². The van der Waals surface area contributed by atoms with Gasteiger partial charge >= 0.3 is 0 Å². The van der Waals surface area contributed by atoms with Crippen LogP contribution in [-0.4, -0.2) is 25.2 Å². The van der Waals surface area contributed by atoms with Gasteiger partial charge in [-0.25, -0.2) is 8.42 Å². The lowest BCUT2D eigenvalue weighted by molar-refractivity contribution is -0.118. The van der Waals surface area contributed by atoms with E-state index in [1.54, 1.807) is 24.3 Å². The highest BCUT2D eigenvalue weighted by Crippen LogP contribution is 2.25. The predicted molar refractivity (Wildman–Crippen MR) is 97.4 cm³/mol. The number of benzene rings is 2. The van der Waals surface area contributed by atoms with Crippen molar-refractivity contribution in [2.75, 3.05) is 6.54 Å². The molecule has 1 amide bonds. The third kappa shape index (κ3) is 4.70. The second-order valence-corrected chi connectivity index (χ2v) is 8.63. The highest BCUT2D eigenvalue weighted by Gasteiger charge is 2.26. The maximum atomic E-state index is 12.8. The second kappa shape index (κ2) is 7.84. The first-order valence-corrected chi connectivity index (χ1v) is 9.67. The number of rotatable bonds is 6. The Morgan fingerprint density at radius 1 is 1.12 bits per heavy atom. The summed E-state index contributed by atoms with van der Waals surface area (Å²) in [6.45, 7) is -0.561. The molecule has 5 nitrogen and oxygen atoms in total. The van der Waals surface area contributed by atoms with Crippen molar-refractivity contribution in [1.82, 2.24) is 4.31 Å². The molecule has 0 radical (unpaired) electrons. The number of amides is 1. The Balaban J connectivity index is 2.40. The van der Waals surface area contributed by atoms with Gasteiger partial charge in [0.05, 0.1) is 11.4 Å². The number of nitrogens with two attached hydrogens (primary N) is 1. The van der Waals surface area contributed by atoms with Crippen molar-refractivity contribution < 1.29 is 13.2 Å². The molecule has 0 unspecified atom stereocenters. The van der Waals surface area contributed by atoms with Gasteiger partial charge in [-0.3, -0.25) is 4.79 Å². The van der Waals surface area contributed by atoms with Crippen LogP contribution < -0.4 is 5.73 Å². The first-order valence-electron chi connectivity index (χ1n) is 6.68. The fourth-order valence-corrected chi connectivity index (χ4v) is 4.11. The van der Waals surface area contributed by atoms with E-state index < -0.39 is 22.5 Å². The second-order valence-electron chi connectivity index (χ2n) is 4.93. The Bertz CT molecular complexity index is 858. The minimum absolute atomic E-state index is 0.0528. The summed E-state index contributed by atoms with van der Waals surface area (Å²) in [5.74, 6) is -0.763.